The third kappa shape index (κ3) is 5.25. The van der Waals surface area contributed by atoms with Gasteiger partial charge in [-0.3, -0.25) is 10.1 Å². The summed E-state index contributed by atoms with van der Waals surface area (Å²) >= 11 is 0. The molecule has 0 spiro atoms. The molecule has 1 aromatic rings. The largest absolute Gasteiger partial charge is 0.478 e. The van der Waals surface area contributed by atoms with Gasteiger partial charge < -0.3 is 15.7 Å². The van der Waals surface area contributed by atoms with Crippen LogP contribution < -0.4 is 10.5 Å². The molecule has 0 amide bonds. The second-order valence-electron chi connectivity index (χ2n) is 4.52. The smallest absolute Gasteiger partial charge is 0.299 e. The van der Waals surface area contributed by atoms with E-state index in [1.807, 2.05) is 0 Å². The van der Waals surface area contributed by atoms with Crippen LogP contribution in [0.3, 0.4) is 0 Å². The predicted molar refractivity (Wildman–Crippen MR) is 77.7 cm³/mol. The second kappa shape index (κ2) is 8.72. The fourth-order valence-corrected chi connectivity index (χ4v) is 1.78. The highest BCUT2D eigenvalue weighted by Crippen LogP contribution is 2.20. The van der Waals surface area contributed by atoms with Crippen LogP contribution in [0.2, 0.25) is 0 Å². The van der Waals surface area contributed by atoms with Gasteiger partial charge >= 0.3 is 0 Å². The van der Waals surface area contributed by atoms with Gasteiger partial charge in [-0.05, 0) is 6.42 Å². The summed E-state index contributed by atoms with van der Waals surface area (Å²) in [4.78, 5) is 14.1. The van der Waals surface area contributed by atoms with Gasteiger partial charge in [0.1, 0.15) is 0 Å². The maximum absolute atomic E-state index is 10.8. The Morgan fingerprint density at radius 2 is 2.14 bits per heavy atom. The molecular weight excluding hydrogens is 276 g/mol. The molecule has 1 rings (SSSR count). The first kappa shape index (κ1) is 16.7. The van der Waals surface area contributed by atoms with Crippen LogP contribution in [0, 0.1) is 10.1 Å². The Balaban J connectivity index is 2.66. The Morgan fingerprint density at radius 3 is 2.76 bits per heavy atom. The summed E-state index contributed by atoms with van der Waals surface area (Å²) in [5, 5.41) is 22.2. The molecule has 0 fully saturated rings. The fraction of sp³-hybridized carbons (Fsp3) is 0.538. The van der Waals surface area contributed by atoms with E-state index in [9.17, 15) is 10.1 Å². The molecule has 0 aromatic carbocycles. The quantitative estimate of drug-likeness (QED) is 0.180. The third-order valence-corrected chi connectivity index (χ3v) is 2.89. The molecule has 0 radical (unpaired) electrons. The van der Waals surface area contributed by atoms with Crippen molar-refractivity contribution in [3.8, 4) is 5.88 Å². The Morgan fingerprint density at radius 1 is 1.43 bits per heavy atom. The lowest BCUT2D eigenvalue weighted by molar-refractivity contribution is -0.385. The number of oxime groups is 1. The molecule has 3 N–H and O–H groups in total. The van der Waals surface area contributed by atoms with Crippen molar-refractivity contribution in [3.63, 3.8) is 0 Å². The van der Waals surface area contributed by atoms with Crippen LogP contribution in [0.5, 0.6) is 5.88 Å². The molecule has 0 saturated heterocycles. The van der Waals surface area contributed by atoms with Crippen LogP contribution in [0.1, 0.15) is 44.7 Å². The number of hydrogen-bond donors (Lipinski definition) is 2. The van der Waals surface area contributed by atoms with E-state index in [1.54, 1.807) is 0 Å². The molecule has 116 valence electrons. The normalized spacial score (nSPS) is 11.4. The monoisotopic (exact) mass is 296 g/mol. The number of nitrogens with two attached hydrogens (primary N) is 1. The van der Waals surface area contributed by atoms with Crippen molar-refractivity contribution in [3.05, 3.63) is 27.9 Å². The lowest BCUT2D eigenvalue weighted by Gasteiger charge is -2.07. The van der Waals surface area contributed by atoms with Gasteiger partial charge in [-0.2, -0.15) is 0 Å². The summed E-state index contributed by atoms with van der Waals surface area (Å²) in [6, 6.07) is 2.63. The highest BCUT2D eigenvalue weighted by atomic mass is 16.6. The van der Waals surface area contributed by atoms with E-state index in [1.165, 1.54) is 25.0 Å². The van der Waals surface area contributed by atoms with Crippen molar-refractivity contribution in [1.29, 1.82) is 0 Å². The van der Waals surface area contributed by atoms with Crippen LogP contribution in [0.15, 0.2) is 17.3 Å². The number of unbranched alkanes of at least 4 members (excludes halogenated alkanes) is 4. The maximum atomic E-state index is 10.8. The maximum Gasteiger partial charge on any atom is 0.299 e. The van der Waals surface area contributed by atoms with Crippen molar-refractivity contribution in [1.82, 2.24) is 4.98 Å². The molecule has 0 aliphatic rings. The number of rotatable bonds is 9. The van der Waals surface area contributed by atoms with E-state index in [-0.39, 0.29) is 17.3 Å². The lowest BCUT2D eigenvalue weighted by atomic mass is 10.2. The molecular formula is C13H20N4O4. The minimum absolute atomic E-state index is 0.203. The number of nitro groups is 1. The second-order valence-corrected chi connectivity index (χ2v) is 4.52. The Labute approximate surface area is 122 Å². The highest BCUT2D eigenvalue weighted by molar-refractivity contribution is 5.98. The summed E-state index contributed by atoms with van der Waals surface area (Å²) in [7, 11) is 0. The van der Waals surface area contributed by atoms with Gasteiger partial charge in [0.05, 0.1) is 11.5 Å². The third-order valence-electron chi connectivity index (χ3n) is 2.89. The van der Waals surface area contributed by atoms with Crippen molar-refractivity contribution >= 4 is 11.5 Å². The van der Waals surface area contributed by atoms with E-state index in [2.05, 4.69) is 17.1 Å². The van der Waals surface area contributed by atoms with E-state index < -0.39 is 10.8 Å². The molecule has 0 atom stereocenters. The topological polar surface area (TPSA) is 124 Å². The summed E-state index contributed by atoms with van der Waals surface area (Å²) in [6.45, 7) is 2.62. The van der Waals surface area contributed by atoms with Gasteiger partial charge in [0.15, 0.2) is 11.5 Å². The zero-order valence-corrected chi connectivity index (χ0v) is 12.0. The van der Waals surface area contributed by atoms with Crippen LogP contribution in [-0.4, -0.2) is 27.6 Å². The zero-order chi connectivity index (χ0) is 15.7. The number of aromatic nitrogens is 1. The van der Waals surface area contributed by atoms with Gasteiger partial charge in [-0.25, -0.2) is 4.98 Å². The first-order valence-electron chi connectivity index (χ1n) is 6.86. The fourth-order valence-electron chi connectivity index (χ4n) is 1.78. The number of nitrogens with zero attached hydrogens (tertiary/aromatic N) is 3. The van der Waals surface area contributed by atoms with Gasteiger partial charge in [-0.1, -0.05) is 37.8 Å². The SMILES string of the molecule is CCCCCCCOc1ccc([N+](=O)[O-])c(/C(N)=N/O)n1. The van der Waals surface area contributed by atoms with E-state index in [4.69, 9.17) is 15.7 Å². The van der Waals surface area contributed by atoms with Gasteiger partial charge in [0.25, 0.3) is 5.69 Å². The van der Waals surface area contributed by atoms with Crippen molar-refractivity contribution in [2.24, 2.45) is 10.9 Å². The van der Waals surface area contributed by atoms with Gasteiger partial charge in [-0.15, -0.1) is 0 Å². The summed E-state index contributed by atoms with van der Waals surface area (Å²) in [5.41, 5.74) is 4.85. The number of pyridine rings is 1. The van der Waals surface area contributed by atoms with Crippen LogP contribution in [0.25, 0.3) is 0 Å². The Bertz CT molecular complexity index is 505. The molecule has 0 aliphatic carbocycles. The van der Waals surface area contributed by atoms with Crippen LogP contribution in [-0.2, 0) is 0 Å². The number of ether oxygens (including phenoxy) is 1. The van der Waals surface area contributed by atoms with Crippen molar-refractivity contribution in [2.75, 3.05) is 6.61 Å². The molecule has 8 nitrogen and oxygen atoms in total. The predicted octanol–water partition coefficient (Wildman–Crippen LogP) is 2.43. The molecule has 0 unspecified atom stereocenters. The Kier molecular flexibility index (Phi) is 6.93. The lowest BCUT2D eigenvalue weighted by Crippen LogP contribution is -2.17. The molecule has 0 bridgehead atoms. The van der Waals surface area contributed by atoms with Gasteiger partial charge in [0.2, 0.25) is 5.88 Å². The first-order chi connectivity index (χ1) is 10.1. The molecule has 1 heterocycles. The molecule has 0 saturated carbocycles. The highest BCUT2D eigenvalue weighted by Gasteiger charge is 2.20. The molecule has 1 aromatic heterocycles. The van der Waals surface area contributed by atoms with Gasteiger partial charge in [0, 0.05) is 12.1 Å². The van der Waals surface area contributed by atoms with E-state index in [0.717, 1.165) is 19.3 Å². The van der Waals surface area contributed by atoms with E-state index in [0.29, 0.717) is 6.61 Å². The number of hydrogen-bond acceptors (Lipinski definition) is 6. The summed E-state index contributed by atoms with van der Waals surface area (Å²) < 4.78 is 5.43. The van der Waals surface area contributed by atoms with E-state index >= 15 is 0 Å². The summed E-state index contributed by atoms with van der Waals surface area (Å²) in [6.07, 6.45) is 5.48. The molecule has 8 heteroatoms. The number of amidine groups is 1. The Hall–Kier alpha value is -2.38. The van der Waals surface area contributed by atoms with Crippen LogP contribution in [0.4, 0.5) is 5.69 Å². The van der Waals surface area contributed by atoms with Crippen molar-refractivity contribution < 1.29 is 14.9 Å². The molecule has 21 heavy (non-hydrogen) atoms. The standard InChI is InChI=1S/C13H20N4O4/c1-2-3-4-5-6-9-21-11-8-7-10(17(19)20)12(15-11)13(14)16-18/h7-8,18H,2-6,9H2,1H3,(H2,14,16). The van der Waals surface area contributed by atoms with Crippen LogP contribution >= 0.6 is 0 Å². The summed E-state index contributed by atoms with van der Waals surface area (Å²) in [5.74, 6) is -0.201. The van der Waals surface area contributed by atoms with Crippen molar-refractivity contribution in [2.45, 2.75) is 39.0 Å². The minimum atomic E-state index is -0.644. The first-order valence-corrected chi connectivity index (χ1v) is 6.86. The zero-order valence-electron chi connectivity index (χ0n) is 12.0. The minimum Gasteiger partial charge on any atom is -0.478 e. The molecule has 0 aliphatic heterocycles. The average Bonchev–Trinajstić information content (AvgIpc) is 2.49. The average molecular weight is 296 g/mol.